The van der Waals surface area contributed by atoms with E-state index in [1.807, 2.05) is 13.0 Å². The minimum absolute atomic E-state index is 0.149. The highest BCUT2D eigenvalue weighted by atomic mass is 16.5. The van der Waals surface area contributed by atoms with E-state index in [0.717, 1.165) is 0 Å². The number of esters is 1. The summed E-state index contributed by atoms with van der Waals surface area (Å²) in [5.74, 6) is -1.70. The minimum atomic E-state index is -1.26. The Bertz CT molecular complexity index is 728. The van der Waals surface area contributed by atoms with Crippen LogP contribution in [0.2, 0.25) is 0 Å². The largest absolute Gasteiger partial charge is 0.454 e. The quantitative estimate of drug-likeness (QED) is 0.583. The van der Waals surface area contributed by atoms with E-state index in [1.165, 1.54) is 6.08 Å². The summed E-state index contributed by atoms with van der Waals surface area (Å²) in [6.07, 6.45) is 2.95. The average molecular weight is 344 g/mol. The number of ketones is 2. The molecular formula is C20H24O5. The molecule has 3 aliphatic rings. The molecule has 2 bridgehead atoms. The maximum atomic E-state index is 12.5. The van der Waals surface area contributed by atoms with Gasteiger partial charge in [0.1, 0.15) is 12.2 Å². The molecule has 0 aromatic carbocycles. The molecule has 1 aliphatic heterocycles. The SMILES string of the molecule is C=C(C)[C@@H]1CCC2=C[C@@H](OC2=O)[C@]2(C)C[C@H]2C(=O)/C=C(/C)C(=O)[C@@H]1O. The molecule has 0 aromatic rings. The van der Waals surface area contributed by atoms with Gasteiger partial charge in [0, 0.05) is 22.8 Å². The Balaban J connectivity index is 1.98. The second kappa shape index (κ2) is 6.06. The first-order valence-electron chi connectivity index (χ1n) is 8.66. The number of hydrogen-bond acceptors (Lipinski definition) is 5. The summed E-state index contributed by atoms with van der Waals surface area (Å²) < 4.78 is 5.49. The first-order chi connectivity index (χ1) is 11.6. The highest BCUT2D eigenvalue weighted by Gasteiger charge is 2.60. The van der Waals surface area contributed by atoms with Crippen molar-refractivity contribution in [3.05, 3.63) is 35.5 Å². The van der Waals surface area contributed by atoms with Crippen molar-refractivity contribution in [3.8, 4) is 0 Å². The summed E-state index contributed by atoms with van der Waals surface area (Å²) in [5, 5.41) is 10.5. The van der Waals surface area contributed by atoms with Crippen LogP contribution in [0.1, 0.15) is 40.0 Å². The van der Waals surface area contributed by atoms with Crippen LogP contribution in [0.25, 0.3) is 0 Å². The molecule has 1 saturated carbocycles. The Morgan fingerprint density at radius 3 is 2.68 bits per heavy atom. The average Bonchev–Trinajstić information content (AvgIpc) is 3.10. The molecule has 0 spiro atoms. The van der Waals surface area contributed by atoms with Crippen LogP contribution in [0, 0.1) is 17.3 Å². The second-order valence-electron chi connectivity index (χ2n) is 7.81. The molecule has 0 radical (unpaired) electrons. The summed E-state index contributed by atoms with van der Waals surface area (Å²) in [4.78, 5) is 37.2. The number of carbonyl (C=O) groups is 3. The molecule has 0 amide bonds. The third-order valence-corrected chi connectivity index (χ3v) is 5.88. The highest BCUT2D eigenvalue weighted by molar-refractivity contribution is 6.06. The van der Waals surface area contributed by atoms with Crippen molar-refractivity contribution in [1.29, 1.82) is 0 Å². The number of fused-ring (bicyclic) bond motifs is 3. The molecule has 1 fully saturated rings. The maximum Gasteiger partial charge on any atom is 0.334 e. The zero-order valence-electron chi connectivity index (χ0n) is 14.9. The Morgan fingerprint density at radius 2 is 2.04 bits per heavy atom. The summed E-state index contributed by atoms with van der Waals surface area (Å²) in [7, 11) is 0. The van der Waals surface area contributed by atoms with Gasteiger partial charge in [-0.1, -0.05) is 19.1 Å². The number of hydrogen-bond donors (Lipinski definition) is 1. The molecule has 5 atom stereocenters. The molecule has 2 aliphatic carbocycles. The Kier molecular flexibility index (Phi) is 4.31. The number of aliphatic hydroxyl groups is 1. The van der Waals surface area contributed by atoms with E-state index >= 15 is 0 Å². The van der Waals surface area contributed by atoms with E-state index in [9.17, 15) is 19.5 Å². The molecule has 0 saturated heterocycles. The molecular weight excluding hydrogens is 320 g/mol. The van der Waals surface area contributed by atoms with Gasteiger partial charge in [-0.05, 0) is 50.8 Å². The van der Waals surface area contributed by atoms with Crippen molar-refractivity contribution in [1.82, 2.24) is 0 Å². The fourth-order valence-electron chi connectivity index (χ4n) is 3.89. The van der Waals surface area contributed by atoms with Gasteiger partial charge in [0.05, 0.1) is 0 Å². The molecule has 5 nitrogen and oxygen atoms in total. The zero-order chi connectivity index (χ0) is 18.5. The van der Waals surface area contributed by atoms with E-state index in [0.29, 0.717) is 30.4 Å². The van der Waals surface area contributed by atoms with Crippen LogP contribution in [0.15, 0.2) is 35.5 Å². The van der Waals surface area contributed by atoms with Gasteiger partial charge in [-0.25, -0.2) is 4.79 Å². The Hall–Kier alpha value is -2.01. The van der Waals surface area contributed by atoms with Gasteiger partial charge < -0.3 is 9.84 Å². The third kappa shape index (κ3) is 3.01. The van der Waals surface area contributed by atoms with Crippen molar-refractivity contribution in [2.45, 2.75) is 52.2 Å². The smallest absolute Gasteiger partial charge is 0.334 e. The van der Waals surface area contributed by atoms with E-state index < -0.39 is 29.3 Å². The van der Waals surface area contributed by atoms with Gasteiger partial charge in [-0.2, -0.15) is 0 Å². The minimum Gasteiger partial charge on any atom is -0.454 e. The number of aliphatic hydroxyl groups excluding tert-OH is 1. The zero-order valence-corrected chi connectivity index (χ0v) is 14.9. The number of allylic oxidation sites excluding steroid dienone is 1. The summed E-state index contributed by atoms with van der Waals surface area (Å²) in [6.45, 7) is 9.11. The van der Waals surface area contributed by atoms with E-state index in [2.05, 4.69) is 6.58 Å². The lowest BCUT2D eigenvalue weighted by Crippen LogP contribution is -2.31. The van der Waals surface area contributed by atoms with Gasteiger partial charge in [0.25, 0.3) is 0 Å². The van der Waals surface area contributed by atoms with E-state index in [-0.39, 0.29) is 23.2 Å². The Morgan fingerprint density at radius 1 is 1.36 bits per heavy atom. The molecule has 0 aromatic heterocycles. The number of carbonyl (C=O) groups excluding carboxylic acids is 3. The van der Waals surface area contributed by atoms with E-state index in [1.54, 1.807) is 13.8 Å². The van der Waals surface area contributed by atoms with Gasteiger partial charge in [-0.15, -0.1) is 0 Å². The fourth-order valence-corrected chi connectivity index (χ4v) is 3.89. The summed E-state index contributed by atoms with van der Waals surface area (Å²) in [5.41, 5.74) is 1.08. The fraction of sp³-hybridized carbons (Fsp3) is 0.550. The normalized spacial score (nSPS) is 40.6. The standard InChI is InChI=1S/C20H24O5/c1-10(2)13-6-5-12-8-16(25-19(12)24)20(4)9-14(20)15(21)7-11(3)17(22)18(13)23/h7-8,13-14,16,18,23H,1,5-6,9H2,2-4H3/b11-7-/t13-,14-,16+,18+,20+/m0/s1. The lowest BCUT2D eigenvalue weighted by molar-refractivity contribution is -0.142. The van der Waals surface area contributed by atoms with Crippen LogP contribution in [0.5, 0.6) is 0 Å². The number of ether oxygens (including phenoxy) is 1. The molecule has 134 valence electrons. The lowest BCUT2D eigenvalue weighted by Gasteiger charge is -2.22. The predicted octanol–water partition coefficient (Wildman–Crippen LogP) is 2.30. The molecule has 25 heavy (non-hydrogen) atoms. The molecule has 1 heterocycles. The summed E-state index contributed by atoms with van der Waals surface area (Å²) >= 11 is 0. The van der Waals surface area contributed by atoms with E-state index in [4.69, 9.17) is 4.74 Å². The molecule has 3 rings (SSSR count). The van der Waals surface area contributed by atoms with Gasteiger partial charge in [0.15, 0.2) is 11.6 Å². The third-order valence-electron chi connectivity index (χ3n) is 5.88. The Labute approximate surface area is 147 Å². The molecule has 5 heteroatoms. The van der Waals surface area contributed by atoms with Crippen LogP contribution >= 0.6 is 0 Å². The predicted molar refractivity (Wildman–Crippen MR) is 91.5 cm³/mol. The van der Waals surface area contributed by atoms with Crippen molar-refractivity contribution >= 4 is 17.5 Å². The first kappa shape index (κ1) is 17.8. The van der Waals surface area contributed by atoms with Crippen molar-refractivity contribution in [3.63, 3.8) is 0 Å². The van der Waals surface area contributed by atoms with Crippen molar-refractivity contribution < 1.29 is 24.2 Å². The lowest BCUT2D eigenvalue weighted by atomic mass is 9.85. The first-order valence-corrected chi connectivity index (χ1v) is 8.66. The van der Waals surface area contributed by atoms with Gasteiger partial charge >= 0.3 is 5.97 Å². The number of Topliss-reactive ketones (excluding diaryl/α,β-unsaturated/α-hetero) is 1. The highest BCUT2D eigenvalue weighted by Crippen LogP contribution is 2.58. The summed E-state index contributed by atoms with van der Waals surface area (Å²) in [6, 6.07) is 0. The monoisotopic (exact) mass is 344 g/mol. The molecule has 1 N–H and O–H groups in total. The van der Waals surface area contributed by atoms with Crippen LogP contribution in [0.4, 0.5) is 0 Å². The van der Waals surface area contributed by atoms with Crippen LogP contribution in [-0.4, -0.2) is 34.9 Å². The van der Waals surface area contributed by atoms with Gasteiger partial charge in [0.2, 0.25) is 0 Å². The number of rotatable bonds is 1. The van der Waals surface area contributed by atoms with Crippen LogP contribution in [0.3, 0.4) is 0 Å². The maximum absolute atomic E-state index is 12.5. The molecule has 0 unspecified atom stereocenters. The van der Waals surface area contributed by atoms with Crippen LogP contribution in [-0.2, 0) is 19.1 Å². The van der Waals surface area contributed by atoms with Crippen molar-refractivity contribution in [2.24, 2.45) is 17.3 Å². The second-order valence-corrected chi connectivity index (χ2v) is 7.81. The van der Waals surface area contributed by atoms with Crippen LogP contribution < -0.4 is 0 Å². The van der Waals surface area contributed by atoms with Gasteiger partial charge in [-0.3, -0.25) is 9.59 Å². The van der Waals surface area contributed by atoms with Crippen molar-refractivity contribution in [2.75, 3.05) is 0 Å². The topological polar surface area (TPSA) is 80.7 Å².